The van der Waals surface area contributed by atoms with Crippen LogP contribution in [-0.4, -0.2) is 42.3 Å². The van der Waals surface area contributed by atoms with Crippen LogP contribution in [-0.2, 0) is 14.3 Å². The highest BCUT2D eigenvalue weighted by atomic mass is 16.5. The average Bonchev–Trinajstić information content (AvgIpc) is 2.70. The lowest BCUT2D eigenvalue weighted by molar-refractivity contribution is -0.149. The predicted molar refractivity (Wildman–Crippen MR) is 65.9 cm³/mol. The molecule has 0 saturated carbocycles. The smallest absolute Gasteiger partial charge is 0.313 e. The highest BCUT2D eigenvalue weighted by Gasteiger charge is 2.47. The summed E-state index contributed by atoms with van der Waals surface area (Å²) in [7, 11) is 0. The Hall–Kier alpha value is -1.14. The first-order valence-corrected chi connectivity index (χ1v) is 6.20. The van der Waals surface area contributed by atoms with Gasteiger partial charge in [0.05, 0.1) is 25.3 Å². The van der Waals surface area contributed by atoms with Crippen LogP contribution in [0.4, 0.5) is 0 Å². The third kappa shape index (κ3) is 2.81. The minimum Gasteiger partial charge on any atom is -0.481 e. The van der Waals surface area contributed by atoms with Crippen molar-refractivity contribution in [3.63, 3.8) is 0 Å². The fourth-order valence-electron chi connectivity index (χ4n) is 1.87. The summed E-state index contributed by atoms with van der Waals surface area (Å²) in [6.45, 7) is 5.74. The highest BCUT2D eigenvalue weighted by Crippen LogP contribution is 2.28. The number of carbonyl (C=O) groups is 2. The van der Waals surface area contributed by atoms with Crippen molar-refractivity contribution in [3.8, 4) is 0 Å². The number of amides is 1. The van der Waals surface area contributed by atoms with Crippen LogP contribution in [0.5, 0.6) is 0 Å². The van der Waals surface area contributed by atoms with Crippen LogP contribution in [0.15, 0.2) is 0 Å². The van der Waals surface area contributed by atoms with Gasteiger partial charge in [-0.15, -0.1) is 0 Å². The Morgan fingerprint density at radius 2 is 2.22 bits per heavy atom. The number of carboxylic acid groups (broad SMARTS) is 1. The number of nitrogens with two attached hydrogens (primary N) is 1. The summed E-state index contributed by atoms with van der Waals surface area (Å²) in [5.41, 5.74) is 4.74. The standard InChI is InChI=1S/C12H22N2O4/c1-4-7(2)9(13)10(15)14-8-5-18-6-12(8,3)11(16)17/h7-9H,4-6,13H2,1-3H3,(H,14,15)(H,16,17)/t7-,8?,9-,12?/m0/s1. The van der Waals surface area contributed by atoms with Crippen molar-refractivity contribution in [3.05, 3.63) is 0 Å². The number of carbonyl (C=O) groups excluding carboxylic acids is 1. The molecule has 4 atom stereocenters. The van der Waals surface area contributed by atoms with E-state index in [0.717, 1.165) is 6.42 Å². The molecule has 0 aliphatic carbocycles. The molecule has 2 unspecified atom stereocenters. The fourth-order valence-corrected chi connectivity index (χ4v) is 1.87. The predicted octanol–water partition coefficient (Wildman–Crippen LogP) is -0.0343. The van der Waals surface area contributed by atoms with Crippen LogP contribution in [0.25, 0.3) is 0 Å². The molecule has 1 saturated heterocycles. The molecule has 0 radical (unpaired) electrons. The minimum atomic E-state index is -1.08. The lowest BCUT2D eigenvalue weighted by Gasteiger charge is -2.27. The van der Waals surface area contributed by atoms with Gasteiger partial charge in [0.2, 0.25) is 5.91 Å². The summed E-state index contributed by atoms with van der Waals surface area (Å²) in [6.07, 6.45) is 0.798. The summed E-state index contributed by atoms with van der Waals surface area (Å²) in [4.78, 5) is 23.1. The molecule has 1 amide bonds. The summed E-state index contributed by atoms with van der Waals surface area (Å²) < 4.78 is 5.17. The van der Waals surface area contributed by atoms with Gasteiger partial charge < -0.3 is 20.9 Å². The molecule has 0 aromatic rings. The van der Waals surface area contributed by atoms with E-state index in [1.54, 1.807) is 6.92 Å². The van der Waals surface area contributed by atoms with Gasteiger partial charge in [0.1, 0.15) is 5.41 Å². The maximum absolute atomic E-state index is 11.9. The second-order valence-corrected chi connectivity index (χ2v) is 5.21. The van der Waals surface area contributed by atoms with Crippen molar-refractivity contribution in [1.29, 1.82) is 0 Å². The van der Waals surface area contributed by atoms with Crippen LogP contribution < -0.4 is 11.1 Å². The third-order valence-electron chi connectivity index (χ3n) is 3.82. The zero-order chi connectivity index (χ0) is 13.9. The number of carboxylic acids is 1. The first-order valence-electron chi connectivity index (χ1n) is 6.20. The minimum absolute atomic E-state index is 0.0587. The summed E-state index contributed by atoms with van der Waals surface area (Å²) >= 11 is 0. The Morgan fingerprint density at radius 3 is 2.72 bits per heavy atom. The number of hydrogen-bond acceptors (Lipinski definition) is 4. The molecule has 1 rings (SSSR count). The van der Waals surface area contributed by atoms with Gasteiger partial charge in [0.25, 0.3) is 0 Å². The van der Waals surface area contributed by atoms with E-state index in [1.165, 1.54) is 0 Å². The molecule has 0 aromatic heterocycles. The quantitative estimate of drug-likeness (QED) is 0.642. The molecule has 0 bridgehead atoms. The van der Waals surface area contributed by atoms with E-state index in [9.17, 15) is 14.7 Å². The van der Waals surface area contributed by atoms with Crippen molar-refractivity contribution >= 4 is 11.9 Å². The first-order chi connectivity index (χ1) is 8.32. The number of aliphatic carboxylic acids is 1. The molecule has 0 spiro atoms. The van der Waals surface area contributed by atoms with E-state index in [0.29, 0.717) is 0 Å². The molecule has 1 aliphatic rings. The van der Waals surface area contributed by atoms with Crippen molar-refractivity contribution in [2.24, 2.45) is 17.1 Å². The van der Waals surface area contributed by atoms with E-state index in [4.69, 9.17) is 10.5 Å². The van der Waals surface area contributed by atoms with E-state index in [2.05, 4.69) is 5.32 Å². The number of ether oxygens (including phenoxy) is 1. The van der Waals surface area contributed by atoms with Gasteiger partial charge in [-0.2, -0.15) is 0 Å². The average molecular weight is 258 g/mol. The van der Waals surface area contributed by atoms with Gasteiger partial charge in [-0.25, -0.2) is 0 Å². The van der Waals surface area contributed by atoms with Crippen LogP contribution in [0.1, 0.15) is 27.2 Å². The summed E-state index contributed by atoms with van der Waals surface area (Å²) in [5, 5.41) is 11.9. The lowest BCUT2D eigenvalue weighted by atomic mass is 9.85. The second-order valence-electron chi connectivity index (χ2n) is 5.21. The maximum Gasteiger partial charge on any atom is 0.313 e. The van der Waals surface area contributed by atoms with E-state index < -0.39 is 23.5 Å². The molecule has 6 nitrogen and oxygen atoms in total. The lowest BCUT2D eigenvalue weighted by Crippen LogP contribution is -2.54. The molecule has 1 heterocycles. The molecule has 1 fully saturated rings. The molecular formula is C12H22N2O4. The molecule has 0 aromatic carbocycles. The Bertz CT molecular complexity index is 334. The Kier molecular flexibility index (Phi) is 4.70. The monoisotopic (exact) mass is 258 g/mol. The van der Waals surface area contributed by atoms with Crippen molar-refractivity contribution in [2.45, 2.75) is 39.3 Å². The van der Waals surface area contributed by atoms with Crippen LogP contribution in [0.3, 0.4) is 0 Å². The Morgan fingerprint density at radius 1 is 1.61 bits per heavy atom. The number of hydrogen-bond donors (Lipinski definition) is 3. The molecular weight excluding hydrogens is 236 g/mol. The normalized spacial score (nSPS) is 30.8. The van der Waals surface area contributed by atoms with Crippen LogP contribution >= 0.6 is 0 Å². The molecule has 4 N–H and O–H groups in total. The second kappa shape index (κ2) is 5.67. The van der Waals surface area contributed by atoms with Gasteiger partial charge in [-0.05, 0) is 12.8 Å². The Balaban J connectivity index is 2.67. The molecule has 18 heavy (non-hydrogen) atoms. The third-order valence-corrected chi connectivity index (χ3v) is 3.82. The highest BCUT2D eigenvalue weighted by molar-refractivity contribution is 5.84. The SMILES string of the molecule is CC[C@H](C)[C@H](N)C(=O)NC1COCC1(C)C(=O)O. The van der Waals surface area contributed by atoms with Gasteiger partial charge in [-0.1, -0.05) is 20.3 Å². The molecule has 1 aliphatic heterocycles. The Labute approximate surface area is 107 Å². The molecule has 6 heteroatoms. The van der Waals surface area contributed by atoms with Crippen molar-refractivity contribution in [1.82, 2.24) is 5.32 Å². The number of nitrogens with one attached hydrogen (secondary N) is 1. The zero-order valence-electron chi connectivity index (χ0n) is 11.1. The van der Waals surface area contributed by atoms with Crippen LogP contribution in [0.2, 0.25) is 0 Å². The number of rotatable bonds is 5. The maximum atomic E-state index is 11.9. The summed E-state index contributed by atoms with van der Waals surface area (Å²) in [6, 6.07) is -1.15. The van der Waals surface area contributed by atoms with Crippen molar-refractivity contribution in [2.75, 3.05) is 13.2 Å². The first kappa shape index (κ1) is 14.9. The van der Waals surface area contributed by atoms with E-state index in [1.807, 2.05) is 13.8 Å². The van der Waals surface area contributed by atoms with Crippen molar-refractivity contribution < 1.29 is 19.4 Å². The van der Waals surface area contributed by atoms with Gasteiger partial charge in [0, 0.05) is 0 Å². The molecule has 104 valence electrons. The van der Waals surface area contributed by atoms with Gasteiger partial charge >= 0.3 is 5.97 Å². The van der Waals surface area contributed by atoms with Gasteiger partial charge in [0.15, 0.2) is 0 Å². The van der Waals surface area contributed by atoms with Crippen LogP contribution in [0, 0.1) is 11.3 Å². The largest absolute Gasteiger partial charge is 0.481 e. The fraction of sp³-hybridized carbons (Fsp3) is 0.833. The van der Waals surface area contributed by atoms with Gasteiger partial charge in [-0.3, -0.25) is 9.59 Å². The van der Waals surface area contributed by atoms with E-state index >= 15 is 0 Å². The van der Waals surface area contributed by atoms with E-state index in [-0.39, 0.29) is 25.0 Å². The topological polar surface area (TPSA) is 102 Å². The summed E-state index contributed by atoms with van der Waals surface area (Å²) in [5.74, 6) is -1.22. The zero-order valence-corrected chi connectivity index (χ0v) is 11.1.